The van der Waals surface area contributed by atoms with Gasteiger partial charge < -0.3 is 9.84 Å². The molecule has 6 heteroatoms. The van der Waals surface area contributed by atoms with E-state index in [0.29, 0.717) is 16.9 Å². The van der Waals surface area contributed by atoms with Gasteiger partial charge in [0, 0.05) is 5.56 Å². The first-order chi connectivity index (χ1) is 12.4. The fourth-order valence-electron chi connectivity index (χ4n) is 3.33. The van der Waals surface area contributed by atoms with E-state index < -0.39 is 16.1 Å². The number of fused-ring (bicyclic) bond motifs is 3. The van der Waals surface area contributed by atoms with Gasteiger partial charge in [-0.3, -0.25) is 0 Å². The van der Waals surface area contributed by atoms with Crippen LogP contribution in [0.15, 0.2) is 66.7 Å². The maximum atomic E-state index is 11.5. The summed E-state index contributed by atoms with van der Waals surface area (Å²) in [6.45, 7) is 0. The van der Waals surface area contributed by atoms with Crippen molar-refractivity contribution in [3.63, 3.8) is 0 Å². The lowest BCUT2D eigenvalue weighted by atomic mass is 9.88. The molecule has 26 heavy (non-hydrogen) atoms. The lowest BCUT2D eigenvalue weighted by Gasteiger charge is -2.30. The van der Waals surface area contributed by atoms with Crippen LogP contribution in [0.5, 0.6) is 11.5 Å². The highest BCUT2D eigenvalue weighted by molar-refractivity contribution is 7.88. The number of rotatable bonds is 3. The zero-order valence-corrected chi connectivity index (χ0v) is 14.6. The molecule has 0 fully saturated rings. The van der Waals surface area contributed by atoms with Crippen LogP contribution in [0.2, 0.25) is 0 Å². The van der Waals surface area contributed by atoms with Crippen LogP contribution in [-0.2, 0) is 15.8 Å². The number of primary sulfonamides is 1. The van der Waals surface area contributed by atoms with Gasteiger partial charge in [-0.2, -0.15) is 0 Å². The molecule has 5 nitrogen and oxygen atoms in total. The maximum absolute atomic E-state index is 11.5. The number of aromatic hydroxyl groups is 1. The highest BCUT2D eigenvalue weighted by atomic mass is 32.2. The van der Waals surface area contributed by atoms with Gasteiger partial charge in [0.25, 0.3) is 0 Å². The first-order valence-electron chi connectivity index (χ1n) is 8.09. The van der Waals surface area contributed by atoms with E-state index >= 15 is 0 Å². The first kappa shape index (κ1) is 16.6. The topological polar surface area (TPSA) is 89.6 Å². The molecule has 1 aliphatic rings. The standard InChI is InChI=1S/C20H17NO4S/c21-26(23,24)12-13-9-10-15-16(11-13)20(14-5-2-1-3-6-14)25-18-8-4-7-17(22)19(15)18/h1-11,20,22H,12H2,(H2,21,23,24). The molecule has 3 aromatic carbocycles. The van der Waals surface area contributed by atoms with Gasteiger partial charge in [0.1, 0.15) is 17.6 Å². The third-order valence-corrected chi connectivity index (χ3v) is 5.12. The van der Waals surface area contributed by atoms with E-state index in [1.807, 2.05) is 42.5 Å². The van der Waals surface area contributed by atoms with E-state index in [1.54, 1.807) is 24.3 Å². The fourth-order valence-corrected chi connectivity index (χ4v) is 3.98. The molecule has 3 aromatic rings. The van der Waals surface area contributed by atoms with Crippen molar-refractivity contribution in [1.29, 1.82) is 0 Å². The van der Waals surface area contributed by atoms with Gasteiger partial charge in [-0.05, 0) is 28.8 Å². The van der Waals surface area contributed by atoms with Gasteiger partial charge >= 0.3 is 0 Å². The van der Waals surface area contributed by atoms with E-state index in [1.165, 1.54) is 0 Å². The molecule has 1 unspecified atom stereocenters. The number of phenols is 1. The van der Waals surface area contributed by atoms with Crippen molar-refractivity contribution in [2.75, 3.05) is 0 Å². The summed E-state index contributed by atoms with van der Waals surface area (Å²) < 4.78 is 29.1. The minimum absolute atomic E-state index is 0.120. The van der Waals surface area contributed by atoms with Crippen molar-refractivity contribution in [3.05, 3.63) is 83.4 Å². The molecule has 0 saturated heterocycles. The molecular weight excluding hydrogens is 350 g/mol. The maximum Gasteiger partial charge on any atom is 0.213 e. The second kappa shape index (κ2) is 6.16. The number of hydrogen-bond acceptors (Lipinski definition) is 4. The molecule has 0 spiro atoms. The number of phenolic OH excluding ortho intramolecular Hbond substituents is 1. The second-order valence-corrected chi connectivity index (χ2v) is 7.90. The van der Waals surface area contributed by atoms with Crippen molar-refractivity contribution >= 4 is 10.0 Å². The number of benzene rings is 3. The monoisotopic (exact) mass is 367 g/mol. The second-order valence-electron chi connectivity index (χ2n) is 6.29. The predicted molar refractivity (Wildman–Crippen MR) is 99.3 cm³/mol. The lowest BCUT2D eigenvalue weighted by Crippen LogP contribution is -2.18. The molecule has 0 bridgehead atoms. The molecule has 1 atom stereocenters. The quantitative estimate of drug-likeness (QED) is 0.743. The van der Waals surface area contributed by atoms with E-state index in [2.05, 4.69) is 0 Å². The van der Waals surface area contributed by atoms with Crippen LogP contribution in [0.25, 0.3) is 11.1 Å². The lowest BCUT2D eigenvalue weighted by molar-refractivity contribution is 0.242. The highest BCUT2D eigenvalue weighted by Gasteiger charge is 2.29. The minimum atomic E-state index is -3.64. The van der Waals surface area contributed by atoms with E-state index in [9.17, 15) is 13.5 Å². The molecule has 0 aliphatic carbocycles. The van der Waals surface area contributed by atoms with Crippen LogP contribution >= 0.6 is 0 Å². The van der Waals surface area contributed by atoms with Gasteiger partial charge in [0.2, 0.25) is 10.0 Å². The van der Waals surface area contributed by atoms with Crippen molar-refractivity contribution in [2.24, 2.45) is 5.14 Å². The summed E-state index contributed by atoms with van der Waals surface area (Å²) in [5, 5.41) is 15.5. The van der Waals surface area contributed by atoms with Gasteiger partial charge in [-0.15, -0.1) is 0 Å². The molecule has 0 saturated carbocycles. The Morgan fingerprint density at radius 2 is 1.77 bits per heavy atom. The summed E-state index contributed by atoms with van der Waals surface area (Å²) in [7, 11) is -3.64. The smallest absolute Gasteiger partial charge is 0.213 e. The molecule has 1 aliphatic heterocycles. The number of ether oxygens (including phenoxy) is 1. The fraction of sp³-hybridized carbons (Fsp3) is 0.100. The van der Waals surface area contributed by atoms with Crippen LogP contribution in [0.4, 0.5) is 0 Å². The van der Waals surface area contributed by atoms with Crippen molar-refractivity contribution < 1.29 is 18.3 Å². The largest absolute Gasteiger partial charge is 0.507 e. The van der Waals surface area contributed by atoms with E-state index in [-0.39, 0.29) is 11.5 Å². The van der Waals surface area contributed by atoms with Crippen molar-refractivity contribution in [1.82, 2.24) is 0 Å². The first-order valence-corrected chi connectivity index (χ1v) is 9.81. The molecule has 0 radical (unpaired) electrons. The Morgan fingerprint density at radius 1 is 1.00 bits per heavy atom. The molecule has 0 amide bonds. The highest BCUT2D eigenvalue weighted by Crippen LogP contribution is 2.48. The van der Waals surface area contributed by atoms with Gasteiger partial charge in [0.15, 0.2) is 0 Å². The van der Waals surface area contributed by atoms with E-state index in [0.717, 1.165) is 16.7 Å². The van der Waals surface area contributed by atoms with Crippen molar-refractivity contribution in [3.8, 4) is 22.6 Å². The van der Waals surface area contributed by atoms with Gasteiger partial charge in [-0.1, -0.05) is 54.6 Å². The molecule has 1 heterocycles. The van der Waals surface area contributed by atoms with Crippen LogP contribution in [0.1, 0.15) is 22.8 Å². The number of hydrogen-bond donors (Lipinski definition) is 2. The van der Waals surface area contributed by atoms with Crippen LogP contribution in [-0.4, -0.2) is 13.5 Å². The molecule has 0 aromatic heterocycles. The van der Waals surface area contributed by atoms with Crippen LogP contribution < -0.4 is 9.88 Å². The SMILES string of the molecule is NS(=O)(=O)Cc1ccc2c(c1)C(c1ccccc1)Oc1cccc(O)c1-2. The predicted octanol–water partition coefficient (Wildman–Crippen LogP) is 3.33. The van der Waals surface area contributed by atoms with Gasteiger partial charge in [0.05, 0.1) is 11.3 Å². The van der Waals surface area contributed by atoms with Crippen LogP contribution in [0.3, 0.4) is 0 Å². The summed E-state index contributed by atoms with van der Waals surface area (Å²) >= 11 is 0. The Labute approximate surface area is 151 Å². The summed E-state index contributed by atoms with van der Waals surface area (Å²) in [6.07, 6.45) is -0.402. The third-order valence-electron chi connectivity index (χ3n) is 4.39. The average Bonchev–Trinajstić information content (AvgIpc) is 2.60. The zero-order valence-electron chi connectivity index (χ0n) is 13.8. The summed E-state index contributed by atoms with van der Waals surface area (Å²) in [6, 6.07) is 20.1. The average molecular weight is 367 g/mol. The number of nitrogens with two attached hydrogens (primary N) is 1. The molecule has 4 rings (SSSR count). The Morgan fingerprint density at radius 3 is 2.50 bits per heavy atom. The molecule has 132 valence electrons. The normalized spacial score (nSPS) is 15.7. The van der Waals surface area contributed by atoms with Crippen LogP contribution in [0, 0.1) is 0 Å². The third kappa shape index (κ3) is 3.05. The Kier molecular flexibility index (Phi) is 3.94. The Bertz CT molecular complexity index is 1080. The Balaban J connectivity index is 1.92. The summed E-state index contributed by atoms with van der Waals surface area (Å²) in [4.78, 5) is 0. The molecular formula is C20H17NO4S. The number of sulfonamides is 1. The Hall–Kier alpha value is -2.83. The minimum Gasteiger partial charge on any atom is -0.507 e. The molecule has 3 N–H and O–H groups in total. The van der Waals surface area contributed by atoms with E-state index in [4.69, 9.17) is 9.88 Å². The van der Waals surface area contributed by atoms with Gasteiger partial charge in [-0.25, -0.2) is 13.6 Å². The van der Waals surface area contributed by atoms with Crippen molar-refractivity contribution in [2.45, 2.75) is 11.9 Å². The summed E-state index contributed by atoms with van der Waals surface area (Å²) in [5.74, 6) is 0.454. The summed E-state index contributed by atoms with van der Waals surface area (Å²) in [5.41, 5.74) is 3.74. The zero-order chi connectivity index (χ0) is 18.3.